The molecule has 5 rings (SSSR count). The van der Waals surface area contributed by atoms with Crippen LogP contribution in [0.3, 0.4) is 0 Å². The first-order valence-electron chi connectivity index (χ1n) is 11.0. The smallest absolute Gasteiger partial charge is 0.245 e. The van der Waals surface area contributed by atoms with Crippen LogP contribution in [0.1, 0.15) is 20.8 Å². The average Bonchev–Trinajstić information content (AvgIpc) is 3.18. The van der Waals surface area contributed by atoms with Crippen LogP contribution in [0.4, 0.5) is 5.95 Å². The minimum Gasteiger partial charge on any atom is -0.507 e. The first kappa shape index (κ1) is 21.2. The molecule has 2 N–H and O–H groups in total. The second-order valence-corrected chi connectivity index (χ2v) is 9.45. The zero-order valence-corrected chi connectivity index (χ0v) is 19.2. The Hall–Kier alpha value is -3.66. The second kappa shape index (κ2) is 8.04. The van der Waals surface area contributed by atoms with Crippen LogP contribution in [0.5, 0.6) is 5.75 Å². The van der Waals surface area contributed by atoms with E-state index in [-0.39, 0.29) is 11.2 Å². The van der Waals surface area contributed by atoms with Gasteiger partial charge in [0.25, 0.3) is 0 Å². The van der Waals surface area contributed by atoms with Gasteiger partial charge in [0.15, 0.2) is 0 Å². The first-order chi connectivity index (χ1) is 15.8. The molecule has 1 aromatic carbocycles. The van der Waals surface area contributed by atoms with E-state index in [2.05, 4.69) is 61.4 Å². The number of pyridine rings is 1. The van der Waals surface area contributed by atoms with Crippen molar-refractivity contribution in [2.75, 3.05) is 24.5 Å². The van der Waals surface area contributed by atoms with Gasteiger partial charge in [-0.05, 0) is 29.2 Å². The van der Waals surface area contributed by atoms with Crippen molar-refractivity contribution in [3.8, 4) is 28.1 Å². The van der Waals surface area contributed by atoms with Crippen LogP contribution in [-0.4, -0.2) is 65.9 Å². The maximum absolute atomic E-state index is 10.7. The number of piperazine rings is 1. The molecule has 4 aromatic rings. The predicted octanol–water partition coefficient (Wildman–Crippen LogP) is 2.41. The van der Waals surface area contributed by atoms with Gasteiger partial charge >= 0.3 is 0 Å². The van der Waals surface area contributed by atoms with Crippen LogP contribution in [0.2, 0.25) is 0 Å². The van der Waals surface area contributed by atoms with E-state index in [1.807, 2.05) is 18.2 Å². The van der Waals surface area contributed by atoms with Crippen LogP contribution in [-0.2, 0) is 7.05 Å². The SMILES string of the molecule is Cn1nc2cc(-c3ccc(-c4cnc(N5CCNC(C(C)(C)C)C5)nn4)c(O)c3)cnc2n1. The molecule has 0 spiro atoms. The molecule has 0 radical (unpaired) electrons. The molecule has 0 bridgehead atoms. The third kappa shape index (κ3) is 4.21. The van der Waals surface area contributed by atoms with Gasteiger partial charge in [0.1, 0.15) is 17.0 Å². The number of aryl methyl sites for hydroxylation is 1. The molecule has 1 atom stereocenters. The van der Waals surface area contributed by atoms with Gasteiger partial charge in [-0.15, -0.1) is 15.3 Å². The fourth-order valence-electron chi connectivity index (χ4n) is 4.05. The summed E-state index contributed by atoms with van der Waals surface area (Å²) in [6.45, 7) is 9.22. The topological polar surface area (TPSA) is 118 Å². The number of aromatic hydroxyl groups is 1. The summed E-state index contributed by atoms with van der Waals surface area (Å²) in [5.41, 5.74) is 4.19. The number of phenolic OH excluding ortho intramolecular Hbond substituents is 1. The summed E-state index contributed by atoms with van der Waals surface area (Å²) in [6, 6.07) is 7.67. The summed E-state index contributed by atoms with van der Waals surface area (Å²) in [6.07, 6.45) is 3.39. The molecule has 1 saturated heterocycles. The molecule has 0 aliphatic carbocycles. The monoisotopic (exact) mass is 445 g/mol. The van der Waals surface area contributed by atoms with Crippen LogP contribution >= 0.6 is 0 Å². The van der Waals surface area contributed by atoms with Crippen molar-refractivity contribution in [1.29, 1.82) is 0 Å². The van der Waals surface area contributed by atoms with Crippen LogP contribution in [0.15, 0.2) is 36.7 Å². The summed E-state index contributed by atoms with van der Waals surface area (Å²) in [7, 11) is 1.76. The van der Waals surface area contributed by atoms with Gasteiger partial charge < -0.3 is 15.3 Å². The standard InChI is InChI=1S/C23H27N9O/c1-23(2,3)20-13-32(8-7-24-20)22-26-12-18(27-28-22)16-6-5-14(10-19(16)33)15-9-17-21(25-11-15)30-31(4)29-17/h5-6,9-12,20,24,33H,7-8,13H2,1-4H3. The highest BCUT2D eigenvalue weighted by molar-refractivity contribution is 5.79. The molecule has 10 nitrogen and oxygen atoms in total. The van der Waals surface area contributed by atoms with E-state index in [9.17, 15) is 5.11 Å². The van der Waals surface area contributed by atoms with Gasteiger partial charge in [-0.2, -0.15) is 9.90 Å². The molecule has 1 aliphatic rings. The minimum atomic E-state index is 0.102. The van der Waals surface area contributed by atoms with E-state index >= 15 is 0 Å². The summed E-state index contributed by atoms with van der Waals surface area (Å²) >= 11 is 0. The van der Waals surface area contributed by atoms with E-state index in [1.54, 1.807) is 25.5 Å². The van der Waals surface area contributed by atoms with Gasteiger partial charge in [0.05, 0.1) is 6.20 Å². The Labute approximate surface area is 191 Å². The molecule has 0 amide bonds. The average molecular weight is 446 g/mol. The highest BCUT2D eigenvalue weighted by Crippen LogP contribution is 2.33. The fourth-order valence-corrected chi connectivity index (χ4v) is 4.05. The number of anilines is 1. The maximum Gasteiger partial charge on any atom is 0.245 e. The molecule has 10 heteroatoms. The molecule has 0 saturated carbocycles. The Kier molecular flexibility index (Phi) is 5.16. The lowest BCUT2D eigenvalue weighted by Gasteiger charge is -2.40. The Morgan fingerprint density at radius 2 is 1.88 bits per heavy atom. The highest BCUT2D eigenvalue weighted by atomic mass is 16.3. The Morgan fingerprint density at radius 3 is 2.61 bits per heavy atom. The van der Waals surface area contributed by atoms with E-state index in [0.29, 0.717) is 34.4 Å². The number of rotatable bonds is 3. The van der Waals surface area contributed by atoms with Crippen molar-refractivity contribution < 1.29 is 5.11 Å². The van der Waals surface area contributed by atoms with Crippen molar-refractivity contribution in [3.05, 3.63) is 36.7 Å². The summed E-state index contributed by atoms with van der Waals surface area (Å²) in [4.78, 5) is 12.5. The van der Waals surface area contributed by atoms with E-state index in [0.717, 1.165) is 30.8 Å². The van der Waals surface area contributed by atoms with E-state index in [1.165, 1.54) is 4.80 Å². The van der Waals surface area contributed by atoms with Crippen molar-refractivity contribution >= 4 is 17.1 Å². The molecule has 3 aromatic heterocycles. The summed E-state index contributed by atoms with van der Waals surface area (Å²) in [5, 5.41) is 31.5. The molecule has 4 heterocycles. The molecular weight excluding hydrogens is 418 g/mol. The molecular formula is C23H27N9O. The van der Waals surface area contributed by atoms with E-state index < -0.39 is 0 Å². The molecule has 1 aliphatic heterocycles. The fraction of sp³-hybridized carbons (Fsp3) is 0.391. The number of nitrogens with zero attached hydrogens (tertiary/aromatic N) is 8. The third-order valence-corrected chi connectivity index (χ3v) is 6.00. The zero-order valence-electron chi connectivity index (χ0n) is 19.2. The van der Waals surface area contributed by atoms with Gasteiger partial charge in [-0.1, -0.05) is 26.8 Å². The number of fused-ring (bicyclic) bond motifs is 1. The number of hydrogen-bond acceptors (Lipinski definition) is 9. The van der Waals surface area contributed by atoms with Crippen molar-refractivity contribution in [1.82, 2.24) is 40.5 Å². The Morgan fingerprint density at radius 1 is 1.03 bits per heavy atom. The molecule has 33 heavy (non-hydrogen) atoms. The maximum atomic E-state index is 10.7. The summed E-state index contributed by atoms with van der Waals surface area (Å²) in [5.74, 6) is 0.708. The van der Waals surface area contributed by atoms with Crippen LogP contribution < -0.4 is 10.2 Å². The van der Waals surface area contributed by atoms with Gasteiger partial charge in [-0.3, -0.25) is 0 Å². The summed E-state index contributed by atoms with van der Waals surface area (Å²) < 4.78 is 0. The highest BCUT2D eigenvalue weighted by Gasteiger charge is 2.30. The lowest BCUT2D eigenvalue weighted by Crippen LogP contribution is -2.56. The second-order valence-electron chi connectivity index (χ2n) is 9.45. The molecule has 1 fully saturated rings. The zero-order chi connectivity index (χ0) is 23.2. The normalized spacial score (nSPS) is 17.0. The Bertz CT molecular complexity index is 1290. The van der Waals surface area contributed by atoms with Gasteiger partial charge in [0, 0.05) is 50.0 Å². The number of phenols is 1. The molecule has 1 unspecified atom stereocenters. The van der Waals surface area contributed by atoms with E-state index in [4.69, 9.17) is 0 Å². The lowest BCUT2D eigenvalue weighted by atomic mass is 9.85. The number of benzene rings is 1. The minimum absolute atomic E-state index is 0.102. The van der Waals surface area contributed by atoms with Gasteiger partial charge in [0.2, 0.25) is 11.6 Å². The van der Waals surface area contributed by atoms with Crippen molar-refractivity contribution in [2.45, 2.75) is 26.8 Å². The lowest BCUT2D eigenvalue weighted by molar-refractivity contribution is 0.252. The molecule has 170 valence electrons. The number of aromatic nitrogens is 7. The largest absolute Gasteiger partial charge is 0.507 e. The van der Waals surface area contributed by atoms with Crippen LogP contribution in [0.25, 0.3) is 33.5 Å². The number of nitrogens with one attached hydrogen (secondary N) is 1. The quantitative estimate of drug-likeness (QED) is 0.490. The van der Waals surface area contributed by atoms with Gasteiger partial charge in [-0.25, -0.2) is 9.97 Å². The van der Waals surface area contributed by atoms with Crippen molar-refractivity contribution in [2.24, 2.45) is 12.5 Å². The van der Waals surface area contributed by atoms with Crippen molar-refractivity contribution in [3.63, 3.8) is 0 Å². The Balaban J connectivity index is 1.37. The first-order valence-corrected chi connectivity index (χ1v) is 11.0. The third-order valence-electron chi connectivity index (χ3n) is 6.00. The number of hydrogen-bond donors (Lipinski definition) is 2. The predicted molar refractivity (Wildman–Crippen MR) is 126 cm³/mol. The van der Waals surface area contributed by atoms with Crippen LogP contribution in [0, 0.1) is 5.41 Å².